The predicted molar refractivity (Wildman–Crippen MR) is 151 cm³/mol. The van der Waals surface area contributed by atoms with Gasteiger partial charge in [0.2, 0.25) is 11.8 Å². The highest BCUT2D eigenvalue weighted by atomic mass is 32.2. The quantitative estimate of drug-likeness (QED) is 0.357. The van der Waals surface area contributed by atoms with Crippen molar-refractivity contribution < 1.29 is 18.0 Å². The zero-order valence-corrected chi connectivity index (χ0v) is 23.3. The van der Waals surface area contributed by atoms with E-state index in [1.807, 2.05) is 52.0 Å². The van der Waals surface area contributed by atoms with Crippen molar-refractivity contribution in [1.29, 1.82) is 0 Å². The molecule has 0 aliphatic rings. The van der Waals surface area contributed by atoms with Crippen molar-refractivity contribution in [1.82, 2.24) is 10.2 Å². The van der Waals surface area contributed by atoms with Crippen LogP contribution in [0.1, 0.15) is 44.7 Å². The van der Waals surface area contributed by atoms with Crippen molar-refractivity contribution in [2.45, 2.75) is 64.1 Å². The minimum Gasteiger partial charge on any atom is -0.352 e. The van der Waals surface area contributed by atoms with Crippen LogP contribution in [0.25, 0.3) is 0 Å². The van der Waals surface area contributed by atoms with Crippen LogP contribution in [0.2, 0.25) is 0 Å². The molecule has 0 saturated heterocycles. The Kier molecular flexibility index (Phi) is 10.1. The number of para-hydroxylation sites is 1. The first-order valence-electron chi connectivity index (χ1n) is 13.0. The lowest BCUT2D eigenvalue weighted by atomic mass is 10.1. The Morgan fingerprint density at radius 2 is 1.50 bits per heavy atom. The van der Waals surface area contributed by atoms with Gasteiger partial charge in [0.15, 0.2) is 0 Å². The molecule has 0 unspecified atom stereocenters. The van der Waals surface area contributed by atoms with Gasteiger partial charge in [-0.25, -0.2) is 8.42 Å². The minimum atomic E-state index is -4.05. The zero-order valence-electron chi connectivity index (χ0n) is 22.5. The van der Waals surface area contributed by atoms with E-state index >= 15 is 0 Å². The van der Waals surface area contributed by atoms with E-state index in [0.29, 0.717) is 12.1 Å². The summed E-state index contributed by atoms with van der Waals surface area (Å²) >= 11 is 0. The highest BCUT2D eigenvalue weighted by Gasteiger charge is 2.33. The Bertz CT molecular complexity index is 1310. The number of benzene rings is 3. The summed E-state index contributed by atoms with van der Waals surface area (Å²) in [6, 6.07) is 23.5. The molecule has 202 valence electrons. The summed E-state index contributed by atoms with van der Waals surface area (Å²) in [7, 11) is -4.05. The Hall–Kier alpha value is -3.65. The summed E-state index contributed by atoms with van der Waals surface area (Å²) in [5.74, 6) is -0.707. The molecule has 0 aliphatic heterocycles. The topological polar surface area (TPSA) is 86.8 Å². The third kappa shape index (κ3) is 7.22. The van der Waals surface area contributed by atoms with Gasteiger partial charge in [-0.1, -0.05) is 80.1 Å². The molecule has 2 amide bonds. The highest BCUT2D eigenvalue weighted by molar-refractivity contribution is 7.92. The van der Waals surface area contributed by atoms with Crippen LogP contribution in [0.3, 0.4) is 0 Å². The first-order valence-corrected chi connectivity index (χ1v) is 14.4. The molecule has 2 atom stereocenters. The number of rotatable bonds is 12. The van der Waals surface area contributed by atoms with Gasteiger partial charge >= 0.3 is 0 Å². The first kappa shape index (κ1) is 28.9. The molecule has 0 bridgehead atoms. The Balaban J connectivity index is 2.02. The van der Waals surface area contributed by atoms with E-state index in [9.17, 15) is 18.0 Å². The van der Waals surface area contributed by atoms with Crippen LogP contribution in [0.4, 0.5) is 5.69 Å². The standard InChI is InChI=1S/C30H37N3O4S/c1-5-24(4)31-30(35)28(6-2)32(21-25-15-13-14-23(3)20-25)29(34)22-33(26-16-9-7-10-17-26)38(36,37)27-18-11-8-12-19-27/h7-20,24,28H,5-6,21-22H2,1-4H3,(H,31,35)/t24-,28+/m1/s1. The summed E-state index contributed by atoms with van der Waals surface area (Å²) < 4.78 is 28.6. The van der Waals surface area contributed by atoms with Crippen molar-refractivity contribution in [2.24, 2.45) is 0 Å². The van der Waals surface area contributed by atoms with E-state index in [1.165, 1.54) is 17.0 Å². The molecule has 3 aromatic rings. The highest BCUT2D eigenvalue weighted by Crippen LogP contribution is 2.24. The van der Waals surface area contributed by atoms with E-state index in [1.54, 1.807) is 48.5 Å². The SMILES string of the molecule is CC[C@@H](C)NC(=O)[C@H](CC)N(Cc1cccc(C)c1)C(=O)CN(c1ccccc1)S(=O)(=O)c1ccccc1. The summed E-state index contributed by atoms with van der Waals surface area (Å²) in [4.78, 5) is 28.9. The monoisotopic (exact) mass is 535 g/mol. The van der Waals surface area contributed by atoms with E-state index < -0.39 is 28.5 Å². The third-order valence-corrected chi connectivity index (χ3v) is 8.26. The predicted octanol–water partition coefficient (Wildman–Crippen LogP) is 4.91. The molecule has 0 radical (unpaired) electrons. The lowest BCUT2D eigenvalue weighted by Gasteiger charge is -2.33. The van der Waals surface area contributed by atoms with Crippen molar-refractivity contribution in [2.75, 3.05) is 10.8 Å². The number of hydrogen-bond acceptors (Lipinski definition) is 4. The van der Waals surface area contributed by atoms with Crippen LogP contribution in [-0.2, 0) is 26.2 Å². The maximum absolute atomic E-state index is 14.0. The fraction of sp³-hybridized carbons (Fsp3) is 0.333. The van der Waals surface area contributed by atoms with Crippen LogP contribution in [0, 0.1) is 6.92 Å². The second-order valence-electron chi connectivity index (χ2n) is 9.41. The smallest absolute Gasteiger partial charge is 0.264 e. The molecule has 8 heteroatoms. The maximum atomic E-state index is 14.0. The molecule has 3 aromatic carbocycles. The number of sulfonamides is 1. The molecular formula is C30H37N3O4S. The molecule has 0 aliphatic carbocycles. The Morgan fingerprint density at radius 3 is 2.08 bits per heavy atom. The molecular weight excluding hydrogens is 498 g/mol. The number of aryl methyl sites for hydroxylation is 1. The van der Waals surface area contributed by atoms with Crippen molar-refractivity contribution in [3.63, 3.8) is 0 Å². The number of hydrogen-bond donors (Lipinski definition) is 1. The minimum absolute atomic E-state index is 0.0493. The van der Waals surface area contributed by atoms with Crippen molar-refractivity contribution in [3.8, 4) is 0 Å². The van der Waals surface area contributed by atoms with Gasteiger partial charge in [0.1, 0.15) is 12.6 Å². The van der Waals surface area contributed by atoms with Gasteiger partial charge in [-0.05, 0) is 56.5 Å². The summed E-state index contributed by atoms with van der Waals surface area (Å²) in [5, 5.41) is 2.99. The average molecular weight is 536 g/mol. The fourth-order valence-corrected chi connectivity index (χ4v) is 5.65. The number of carbonyl (C=O) groups excluding carboxylic acids is 2. The van der Waals surface area contributed by atoms with Gasteiger partial charge in [-0.3, -0.25) is 13.9 Å². The molecule has 3 rings (SSSR count). The molecule has 0 fully saturated rings. The fourth-order valence-electron chi connectivity index (χ4n) is 4.21. The number of nitrogens with zero attached hydrogens (tertiary/aromatic N) is 2. The van der Waals surface area contributed by atoms with Gasteiger partial charge in [-0.15, -0.1) is 0 Å². The van der Waals surface area contributed by atoms with Crippen LogP contribution in [0.5, 0.6) is 0 Å². The van der Waals surface area contributed by atoms with Crippen LogP contribution < -0.4 is 9.62 Å². The molecule has 1 N–H and O–H groups in total. The van der Waals surface area contributed by atoms with Gasteiger partial charge in [0.05, 0.1) is 10.6 Å². The van der Waals surface area contributed by atoms with Crippen molar-refractivity contribution in [3.05, 3.63) is 96.1 Å². The summed E-state index contributed by atoms with van der Waals surface area (Å²) in [6.45, 7) is 7.45. The molecule has 0 aromatic heterocycles. The van der Waals surface area contributed by atoms with E-state index in [-0.39, 0.29) is 23.4 Å². The Labute approximate surface area is 226 Å². The molecule has 0 saturated carbocycles. The van der Waals surface area contributed by atoms with Gasteiger partial charge in [-0.2, -0.15) is 0 Å². The molecule has 0 heterocycles. The van der Waals surface area contributed by atoms with Gasteiger partial charge < -0.3 is 10.2 Å². The van der Waals surface area contributed by atoms with Gasteiger partial charge in [0.25, 0.3) is 10.0 Å². The zero-order chi connectivity index (χ0) is 27.7. The number of amides is 2. The van der Waals surface area contributed by atoms with Crippen molar-refractivity contribution >= 4 is 27.5 Å². The van der Waals surface area contributed by atoms with Gasteiger partial charge in [0, 0.05) is 12.6 Å². The molecule has 0 spiro atoms. The van der Waals surface area contributed by atoms with E-state index in [2.05, 4.69) is 5.32 Å². The third-order valence-electron chi connectivity index (χ3n) is 6.48. The number of nitrogens with one attached hydrogen (secondary N) is 1. The maximum Gasteiger partial charge on any atom is 0.264 e. The second-order valence-corrected chi connectivity index (χ2v) is 11.3. The largest absolute Gasteiger partial charge is 0.352 e. The summed E-state index contributed by atoms with van der Waals surface area (Å²) in [6.07, 6.45) is 1.14. The molecule has 7 nitrogen and oxygen atoms in total. The van der Waals surface area contributed by atoms with E-state index in [0.717, 1.165) is 21.9 Å². The van der Waals surface area contributed by atoms with E-state index in [4.69, 9.17) is 0 Å². The van der Waals surface area contributed by atoms with Crippen LogP contribution in [-0.4, -0.2) is 43.8 Å². The molecule has 38 heavy (non-hydrogen) atoms. The lowest BCUT2D eigenvalue weighted by Crippen LogP contribution is -2.53. The van der Waals surface area contributed by atoms with Crippen LogP contribution >= 0.6 is 0 Å². The summed E-state index contributed by atoms with van der Waals surface area (Å²) in [5.41, 5.74) is 2.27. The normalized spacial score (nSPS) is 12.8. The number of carbonyl (C=O) groups is 2. The van der Waals surface area contributed by atoms with Crippen LogP contribution in [0.15, 0.2) is 89.8 Å². The average Bonchev–Trinajstić information content (AvgIpc) is 2.92. The Morgan fingerprint density at radius 1 is 0.868 bits per heavy atom. The lowest BCUT2D eigenvalue weighted by molar-refractivity contribution is -0.140. The number of anilines is 1. The first-order chi connectivity index (χ1) is 18.2. The second kappa shape index (κ2) is 13.2.